The summed E-state index contributed by atoms with van der Waals surface area (Å²) in [6, 6.07) is 8.29. The van der Waals surface area contributed by atoms with Crippen molar-refractivity contribution in [2.75, 3.05) is 18.1 Å². The third kappa shape index (κ3) is 1.91. The van der Waals surface area contributed by atoms with E-state index < -0.39 is 5.54 Å². The van der Waals surface area contributed by atoms with E-state index in [1.807, 2.05) is 32.0 Å². The van der Waals surface area contributed by atoms with Gasteiger partial charge in [-0.15, -0.1) is 0 Å². The highest BCUT2D eigenvalue weighted by molar-refractivity contribution is 5.84. The topological polar surface area (TPSA) is 58.8 Å². The zero-order valence-electron chi connectivity index (χ0n) is 13.1. The molecule has 0 aromatic heterocycles. The summed E-state index contributed by atoms with van der Waals surface area (Å²) in [5, 5.41) is 0. The van der Waals surface area contributed by atoms with Crippen LogP contribution in [0.1, 0.15) is 27.7 Å². The third-order valence-electron chi connectivity index (χ3n) is 4.84. The monoisotopic (exact) mass is 289 g/mol. The average Bonchev–Trinajstić information content (AvgIpc) is 2.71. The molecule has 1 aromatic carbocycles. The van der Waals surface area contributed by atoms with E-state index in [4.69, 9.17) is 10.5 Å². The van der Waals surface area contributed by atoms with Crippen LogP contribution < -0.4 is 15.4 Å². The first-order chi connectivity index (χ1) is 9.76. The minimum absolute atomic E-state index is 0.230. The van der Waals surface area contributed by atoms with Gasteiger partial charge in [0.25, 0.3) is 0 Å². The van der Waals surface area contributed by atoms with E-state index in [9.17, 15) is 4.79 Å². The van der Waals surface area contributed by atoms with Gasteiger partial charge in [0, 0.05) is 6.54 Å². The Morgan fingerprint density at radius 2 is 2.05 bits per heavy atom. The number of nitrogens with zero attached hydrogens (tertiary/aromatic N) is 2. The van der Waals surface area contributed by atoms with Crippen molar-refractivity contribution >= 4 is 11.6 Å². The number of anilines is 1. The first kappa shape index (κ1) is 14.2. The lowest BCUT2D eigenvalue weighted by Crippen LogP contribution is -2.62. The number of benzene rings is 1. The molecule has 2 heterocycles. The fourth-order valence-electron chi connectivity index (χ4n) is 3.72. The van der Waals surface area contributed by atoms with Crippen molar-refractivity contribution in [2.24, 2.45) is 5.73 Å². The number of carbonyl (C=O) groups is 1. The fraction of sp³-hybridized carbons (Fsp3) is 0.562. The minimum Gasteiger partial charge on any atom is -0.489 e. The molecule has 1 aromatic rings. The molecule has 0 radical (unpaired) electrons. The molecular formula is C16H23N3O2. The van der Waals surface area contributed by atoms with Gasteiger partial charge in [0.15, 0.2) is 0 Å². The lowest BCUT2D eigenvalue weighted by molar-refractivity contribution is -0.130. The summed E-state index contributed by atoms with van der Waals surface area (Å²) >= 11 is 0. The Labute approximate surface area is 125 Å². The Morgan fingerprint density at radius 1 is 1.38 bits per heavy atom. The van der Waals surface area contributed by atoms with Crippen molar-refractivity contribution in [1.29, 1.82) is 0 Å². The van der Waals surface area contributed by atoms with Gasteiger partial charge in [0.05, 0.1) is 22.9 Å². The van der Waals surface area contributed by atoms with Crippen molar-refractivity contribution in [3.63, 3.8) is 0 Å². The molecule has 114 valence electrons. The predicted octanol–water partition coefficient (Wildman–Crippen LogP) is 1.57. The van der Waals surface area contributed by atoms with E-state index in [2.05, 4.69) is 29.7 Å². The number of rotatable bonds is 2. The lowest BCUT2D eigenvalue weighted by atomic mass is 9.98. The van der Waals surface area contributed by atoms with E-state index >= 15 is 0 Å². The van der Waals surface area contributed by atoms with Crippen LogP contribution in [0.4, 0.5) is 5.69 Å². The van der Waals surface area contributed by atoms with Crippen LogP contribution >= 0.6 is 0 Å². The lowest BCUT2D eigenvalue weighted by Gasteiger charge is -2.47. The second-order valence-corrected chi connectivity index (χ2v) is 6.83. The highest BCUT2D eigenvalue weighted by Gasteiger charge is 2.54. The molecule has 1 atom stereocenters. The molecular weight excluding hydrogens is 266 g/mol. The van der Waals surface area contributed by atoms with Crippen molar-refractivity contribution in [3.05, 3.63) is 24.3 Å². The second-order valence-electron chi connectivity index (χ2n) is 6.83. The van der Waals surface area contributed by atoms with Crippen LogP contribution in [0.2, 0.25) is 0 Å². The average molecular weight is 289 g/mol. The quantitative estimate of drug-likeness (QED) is 0.898. The van der Waals surface area contributed by atoms with Crippen LogP contribution in [-0.4, -0.2) is 41.2 Å². The Morgan fingerprint density at radius 3 is 2.71 bits per heavy atom. The molecule has 3 rings (SSSR count). The molecule has 1 fully saturated rings. The maximum atomic E-state index is 11.9. The summed E-state index contributed by atoms with van der Waals surface area (Å²) in [5.41, 5.74) is 5.71. The molecule has 1 unspecified atom stereocenters. The van der Waals surface area contributed by atoms with Crippen molar-refractivity contribution in [3.8, 4) is 5.75 Å². The SMILES string of the molecule is CC(C)(C(N)=O)N1CC2COc3ccccc3N2C1(C)C. The number of hydrogen-bond donors (Lipinski definition) is 1. The Balaban J connectivity index is 2.05. The zero-order chi connectivity index (χ0) is 15.4. The van der Waals surface area contributed by atoms with Gasteiger partial charge in [-0.05, 0) is 39.8 Å². The normalized spacial score (nSPS) is 24.2. The summed E-state index contributed by atoms with van der Waals surface area (Å²) in [7, 11) is 0. The number of amides is 1. The minimum atomic E-state index is -0.699. The van der Waals surface area contributed by atoms with E-state index in [-0.39, 0.29) is 17.6 Å². The first-order valence-corrected chi connectivity index (χ1v) is 7.35. The molecule has 2 N–H and O–H groups in total. The molecule has 1 saturated heterocycles. The van der Waals surface area contributed by atoms with Crippen molar-refractivity contribution in [1.82, 2.24) is 4.90 Å². The first-order valence-electron chi connectivity index (χ1n) is 7.35. The number of carbonyl (C=O) groups excluding carboxylic acids is 1. The van der Waals surface area contributed by atoms with Gasteiger partial charge in [-0.3, -0.25) is 9.69 Å². The molecule has 5 heteroatoms. The number of para-hydroxylation sites is 2. The van der Waals surface area contributed by atoms with Crippen LogP contribution in [0, 0.1) is 0 Å². The molecule has 2 aliphatic rings. The smallest absolute Gasteiger partial charge is 0.237 e. The molecule has 2 aliphatic heterocycles. The Kier molecular flexibility index (Phi) is 2.95. The van der Waals surface area contributed by atoms with Gasteiger partial charge in [-0.25, -0.2) is 0 Å². The summed E-state index contributed by atoms with van der Waals surface area (Å²) in [6.45, 7) is 9.45. The van der Waals surface area contributed by atoms with Gasteiger partial charge in [0.1, 0.15) is 12.4 Å². The maximum absolute atomic E-state index is 11.9. The number of hydrogen-bond acceptors (Lipinski definition) is 4. The van der Waals surface area contributed by atoms with E-state index in [0.29, 0.717) is 6.61 Å². The standard InChI is InChI=1S/C16H23N3O2/c1-15(2,14(17)20)18-9-11-10-21-13-8-6-5-7-12(13)19(11)16(18,3)4/h5-8,11H,9-10H2,1-4H3,(H2,17,20). The highest BCUT2D eigenvalue weighted by Crippen LogP contribution is 2.45. The fourth-order valence-corrected chi connectivity index (χ4v) is 3.72. The summed E-state index contributed by atoms with van der Waals surface area (Å²) in [5.74, 6) is 0.602. The molecule has 0 aliphatic carbocycles. The maximum Gasteiger partial charge on any atom is 0.237 e. The van der Waals surface area contributed by atoms with Crippen LogP contribution in [0.25, 0.3) is 0 Å². The van der Waals surface area contributed by atoms with Crippen LogP contribution in [0.5, 0.6) is 5.75 Å². The molecule has 0 bridgehead atoms. The molecule has 5 nitrogen and oxygen atoms in total. The Bertz CT molecular complexity index is 583. The van der Waals surface area contributed by atoms with Gasteiger partial charge >= 0.3 is 0 Å². The Hall–Kier alpha value is -1.75. The third-order valence-corrected chi connectivity index (χ3v) is 4.84. The van der Waals surface area contributed by atoms with Gasteiger partial charge < -0.3 is 15.4 Å². The van der Waals surface area contributed by atoms with Gasteiger partial charge in [-0.2, -0.15) is 0 Å². The van der Waals surface area contributed by atoms with Crippen molar-refractivity contribution < 1.29 is 9.53 Å². The van der Waals surface area contributed by atoms with Crippen LogP contribution in [0.3, 0.4) is 0 Å². The summed E-state index contributed by atoms with van der Waals surface area (Å²) < 4.78 is 5.87. The molecule has 1 amide bonds. The van der Waals surface area contributed by atoms with Crippen LogP contribution in [-0.2, 0) is 4.79 Å². The van der Waals surface area contributed by atoms with Crippen molar-refractivity contribution in [2.45, 2.75) is 44.9 Å². The predicted molar refractivity (Wildman–Crippen MR) is 82.3 cm³/mol. The molecule has 0 spiro atoms. The number of fused-ring (bicyclic) bond motifs is 3. The number of primary amides is 1. The van der Waals surface area contributed by atoms with E-state index in [1.54, 1.807) is 0 Å². The van der Waals surface area contributed by atoms with E-state index in [1.165, 1.54) is 0 Å². The summed E-state index contributed by atoms with van der Waals surface area (Å²) in [6.07, 6.45) is 0. The van der Waals surface area contributed by atoms with Gasteiger partial charge in [0.2, 0.25) is 5.91 Å². The van der Waals surface area contributed by atoms with Crippen LogP contribution in [0.15, 0.2) is 24.3 Å². The highest BCUT2D eigenvalue weighted by atomic mass is 16.5. The zero-order valence-corrected chi connectivity index (χ0v) is 13.1. The second kappa shape index (κ2) is 4.37. The van der Waals surface area contributed by atoms with Gasteiger partial charge in [-0.1, -0.05) is 12.1 Å². The molecule has 0 saturated carbocycles. The molecule has 21 heavy (non-hydrogen) atoms. The number of nitrogens with two attached hydrogens (primary N) is 1. The van der Waals surface area contributed by atoms with E-state index in [0.717, 1.165) is 18.0 Å². The largest absolute Gasteiger partial charge is 0.489 e. The summed E-state index contributed by atoms with van der Waals surface area (Å²) in [4.78, 5) is 16.4. The number of ether oxygens (including phenoxy) is 1.